The van der Waals surface area contributed by atoms with Crippen LogP contribution in [0.1, 0.15) is 6.42 Å². The summed E-state index contributed by atoms with van der Waals surface area (Å²) in [5.74, 6) is -0.0840. The first-order chi connectivity index (χ1) is 6.73. The number of ether oxygens (including phenoxy) is 2. The Morgan fingerprint density at radius 3 is 3.07 bits per heavy atom. The number of hydrogen-bond acceptors (Lipinski definition) is 3. The van der Waals surface area contributed by atoms with E-state index in [0.29, 0.717) is 6.42 Å². The average Bonchev–Trinajstić information content (AvgIpc) is 2.72. The van der Waals surface area contributed by atoms with Gasteiger partial charge in [-0.1, -0.05) is 6.58 Å². The second-order valence-electron chi connectivity index (χ2n) is 3.94. The Morgan fingerprint density at radius 1 is 1.64 bits per heavy atom. The molecule has 2 aliphatic rings. The van der Waals surface area contributed by atoms with Crippen LogP contribution in [-0.2, 0) is 9.47 Å². The van der Waals surface area contributed by atoms with Gasteiger partial charge in [-0.15, -0.1) is 5.73 Å². The fourth-order valence-corrected chi connectivity index (χ4v) is 2.43. The van der Waals surface area contributed by atoms with Gasteiger partial charge < -0.3 is 14.6 Å². The molecule has 2 fully saturated rings. The molecule has 0 bridgehead atoms. The summed E-state index contributed by atoms with van der Waals surface area (Å²) < 4.78 is 10.8. The van der Waals surface area contributed by atoms with Gasteiger partial charge in [0, 0.05) is 5.41 Å². The minimum atomic E-state index is -0.456. The number of hydrogen-bond donors (Lipinski definition) is 1. The van der Waals surface area contributed by atoms with Crippen LogP contribution in [0, 0.1) is 5.41 Å². The van der Waals surface area contributed by atoms with Crippen molar-refractivity contribution in [2.45, 2.75) is 24.4 Å². The third-order valence-corrected chi connectivity index (χ3v) is 3.09. The first-order valence-corrected chi connectivity index (χ1v) is 4.70. The molecule has 0 aromatic rings. The Hall–Kier alpha value is -0.535. The van der Waals surface area contributed by atoms with Crippen molar-refractivity contribution in [1.82, 2.24) is 0 Å². The lowest BCUT2D eigenvalue weighted by Crippen LogP contribution is -2.35. The molecule has 2 rings (SSSR count). The molecule has 4 heteroatoms. The SMILES string of the molecule is [B][C@@H]1C[C@](C=C=C)(CO)[C@@H]2OCOC12. The molecular formula is C10H13BO3. The highest BCUT2D eigenvalue weighted by Crippen LogP contribution is 2.49. The van der Waals surface area contributed by atoms with Gasteiger partial charge in [0.05, 0.1) is 26.7 Å². The molecule has 1 unspecified atom stereocenters. The molecule has 0 spiro atoms. The van der Waals surface area contributed by atoms with Gasteiger partial charge in [-0.05, 0) is 18.3 Å². The normalized spacial score (nSPS) is 45.9. The molecule has 1 aliphatic carbocycles. The summed E-state index contributed by atoms with van der Waals surface area (Å²) in [4.78, 5) is 0. The van der Waals surface area contributed by atoms with Crippen LogP contribution in [0.2, 0.25) is 5.82 Å². The van der Waals surface area contributed by atoms with Gasteiger partial charge in [-0.2, -0.15) is 0 Å². The highest BCUT2D eigenvalue weighted by molar-refractivity contribution is 6.12. The van der Waals surface area contributed by atoms with E-state index in [0.717, 1.165) is 0 Å². The van der Waals surface area contributed by atoms with E-state index in [2.05, 4.69) is 12.3 Å². The van der Waals surface area contributed by atoms with Crippen molar-refractivity contribution in [2.24, 2.45) is 5.41 Å². The predicted octanol–water partition coefficient (Wildman–Crippen LogP) is 0.408. The van der Waals surface area contributed by atoms with Crippen molar-refractivity contribution in [2.75, 3.05) is 13.4 Å². The van der Waals surface area contributed by atoms with E-state index in [1.807, 2.05) is 0 Å². The largest absolute Gasteiger partial charge is 0.395 e. The summed E-state index contributed by atoms with van der Waals surface area (Å²) in [5.41, 5.74) is 2.25. The van der Waals surface area contributed by atoms with Crippen molar-refractivity contribution in [3.8, 4) is 0 Å². The predicted molar refractivity (Wildman–Crippen MR) is 52.0 cm³/mol. The lowest BCUT2D eigenvalue weighted by Gasteiger charge is -2.27. The lowest BCUT2D eigenvalue weighted by atomic mass is 9.79. The van der Waals surface area contributed by atoms with Crippen molar-refractivity contribution in [3.63, 3.8) is 0 Å². The van der Waals surface area contributed by atoms with Gasteiger partial charge in [0.25, 0.3) is 0 Å². The minimum Gasteiger partial charge on any atom is -0.395 e. The van der Waals surface area contributed by atoms with E-state index in [-0.39, 0.29) is 31.4 Å². The van der Waals surface area contributed by atoms with Crippen molar-refractivity contribution in [1.29, 1.82) is 0 Å². The van der Waals surface area contributed by atoms with Crippen LogP contribution in [-0.4, -0.2) is 38.6 Å². The molecule has 0 amide bonds. The summed E-state index contributed by atoms with van der Waals surface area (Å²) in [6.45, 7) is 3.78. The molecule has 14 heavy (non-hydrogen) atoms. The van der Waals surface area contributed by atoms with Crippen molar-refractivity contribution in [3.05, 3.63) is 18.4 Å². The zero-order valence-electron chi connectivity index (χ0n) is 7.98. The molecule has 1 N–H and O–H groups in total. The van der Waals surface area contributed by atoms with Crippen LogP contribution in [0.3, 0.4) is 0 Å². The quantitative estimate of drug-likeness (QED) is 0.508. The maximum absolute atomic E-state index is 9.42. The van der Waals surface area contributed by atoms with Gasteiger partial charge in [0.15, 0.2) is 0 Å². The Bertz CT molecular complexity index is 275. The highest BCUT2D eigenvalue weighted by atomic mass is 16.7. The van der Waals surface area contributed by atoms with Crippen LogP contribution in [0.15, 0.2) is 18.4 Å². The number of aliphatic hydroxyl groups excluding tert-OH is 1. The third kappa shape index (κ3) is 1.27. The van der Waals surface area contributed by atoms with E-state index in [4.69, 9.17) is 17.3 Å². The molecule has 74 valence electrons. The van der Waals surface area contributed by atoms with E-state index >= 15 is 0 Å². The smallest absolute Gasteiger partial charge is 0.147 e. The van der Waals surface area contributed by atoms with Gasteiger partial charge in [-0.3, -0.25) is 0 Å². The Kier molecular flexibility index (Phi) is 2.54. The molecule has 0 aromatic carbocycles. The maximum Gasteiger partial charge on any atom is 0.147 e. The van der Waals surface area contributed by atoms with Crippen LogP contribution >= 0.6 is 0 Å². The second-order valence-corrected chi connectivity index (χ2v) is 3.94. The number of aliphatic hydroxyl groups is 1. The summed E-state index contributed by atoms with van der Waals surface area (Å²) >= 11 is 0. The molecule has 2 radical (unpaired) electrons. The van der Waals surface area contributed by atoms with Gasteiger partial charge in [-0.25, -0.2) is 0 Å². The van der Waals surface area contributed by atoms with Crippen LogP contribution in [0.5, 0.6) is 0 Å². The summed E-state index contributed by atoms with van der Waals surface area (Å²) in [7, 11) is 5.92. The van der Waals surface area contributed by atoms with Crippen LogP contribution in [0.4, 0.5) is 0 Å². The van der Waals surface area contributed by atoms with E-state index in [9.17, 15) is 5.11 Å². The van der Waals surface area contributed by atoms with E-state index < -0.39 is 5.41 Å². The lowest BCUT2D eigenvalue weighted by molar-refractivity contribution is -0.0133. The van der Waals surface area contributed by atoms with E-state index in [1.165, 1.54) is 0 Å². The molecule has 1 saturated heterocycles. The summed E-state index contributed by atoms with van der Waals surface area (Å²) in [5, 5.41) is 9.42. The monoisotopic (exact) mass is 192 g/mol. The third-order valence-electron chi connectivity index (χ3n) is 3.09. The molecule has 1 heterocycles. The van der Waals surface area contributed by atoms with E-state index in [1.54, 1.807) is 6.08 Å². The molecule has 1 saturated carbocycles. The number of rotatable bonds is 2. The standard InChI is InChI=1S/C10H13BO3/c1-2-3-10(5-12)4-7(11)8-9(10)14-6-13-8/h3,7-9,12H,1,4-6H2/t7-,8?,9-,10-/m1/s1. The minimum absolute atomic E-state index is 0.00620. The highest BCUT2D eigenvalue weighted by Gasteiger charge is 2.54. The Balaban J connectivity index is 2.30. The Labute approximate surface area is 84.8 Å². The van der Waals surface area contributed by atoms with Crippen LogP contribution in [0.25, 0.3) is 0 Å². The molecule has 3 nitrogen and oxygen atoms in total. The van der Waals surface area contributed by atoms with Gasteiger partial charge in [0.1, 0.15) is 6.79 Å². The van der Waals surface area contributed by atoms with Gasteiger partial charge >= 0.3 is 0 Å². The van der Waals surface area contributed by atoms with Crippen LogP contribution < -0.4 is 0 Å². The zero-order valence-corrected chi connectivity index (χ0v) is 7.98. The summed E-state index contributed by atoms with van der Waals surface area (Å²) in [6.07, 6.45) is 2.15. The van der Waals surface area contributed by atoms with Crippen molar-refractivity contribution < 1.29 is 14.6 Å². The summed E-state index contributed by atoms with van der Waals surface area (Å²) in [6, 6.07) is 0. The second kappa shape index (κ2) is 3.56. The Morgan fingerprint density at radius 2 is 2.43 bits per heavy atom. The van der Waals surface area contributed by atoms with Gasteiger partial charge in [0.2, 0.25) is 0 Å². The maximum atomic E-state index is 9.42. The average molecular weight is 192 g/mol. The molecule has 4 atom stereocenters. The topological polar surface area (TPSA) is 38.7 Å². The fraction of sp³-hybridized carbons (Fsp3) is 0.700. The first-order valence-electron chi connectivity index (χ1n) is 4.70. The molecular weight excluding hydrogens is 179 g/mol. The molecule has 0 aromatic heterocycles. The van der Waals surface area contributed by atoms with Crippen molar-refractivity contribution >= 4 is 7.85 Å². The molecule has 1 aliphatic heterocycles. The number of fused-ring (bicyclic) bond motifs is 1. The zero-order chi connectivity index (χ0) is 10.2. The first kappa shape index (κ1) is 10.00. The fourth-order valence-electron chi connectivity index (χ4n) is 2.43.